The molecule has 2 aromatic carbocycles. The summed E-state index contributed by atoms with van der Waals surface area (Å²) in [5.41, 5.74) is 4.91. The highest BCUT2D eigenvalue weighted by Gasteiger charge is 2.26. The van der Waals surface area contributed by atoms with Crippen molar-refractivity contribution in [2.75, 3.05) is 38.7 Å². The smallest absolute Gasteiger partial charge is 0.303 e. The molecule has 0 fully saturated rings. The topological polar surface area (TPSA) is 53.0 Å². The maximum absolute atomic E-state index is 10.6. The number of anilines is 1. The molecule has 0 aromatic heterocycles. The van der Waals surface area contributed by atoms with E-state index in [-0.39, 0.29) is 12.5 Å². The van der Waals surface area contributed by atoms with Crippen LogP contribution in [-0.2, 0) is 16.1 Å². The molecule has 1 aliphatic rings. The number of carboxylic acids is 1. The van der Waals surface area contributed by atoms with Crippen LogP contribution in [0.15, 0.2) is 48.5 Å². The molecule has 1 N–H and O–H groups in total. The monoisotopic (exact) mass is 368 g/mol. The zero-order chi connectivity index (χ0) is 19.2. The fourth-order valence-corrected chi connectivity index (χ4v) is 3.62. The van der Waals surface area contributed by atoms with Crippen molar-refractivity contribution in [3.63, 3.8) is 0 Å². The zero-order valence-electron chi connectivity index (χ0n) is 16.1. The Morgan fingerprint density at radius 1 is 1.15 bits per heavy atom. The lowest BCUT2D eigenvalue weighted by Crippen LogP contribution is -2.25. The second-order valence-corrected chi connectivity index (χ2v) is 7.17. The Kier molecular flexibility index (Phi) is 6.48. The maximum Gasteiger partial charge on any atom is 0.303 e. The number of benzene rings is 2. The van der Waals surface area contributed by atoms with Crippen molar-refractivity contribution in [3.8, 4) is 0 Å². The second kappa shape index (κ2) is 9.02. The summed E-state index contributed by atoms with van der Waals surface area (Å²) in [4.78, 5) is 15.0. The van der Waals surface area contributed by atoms with Crippen LogP contribution in [0.1, 0.15) is 35.6 Å². The highest BCUT2D eigenvalue weighted by Crippen LogP contribution is 2.38. The summed E-state index contributed by atoms with van der Waals surface area (Å²) in [5.74, 6) is -0.740. The molecule has 0 saturated heterocycles. The van der Waals surface area contributed by atoms with Crippen LogP contribution in [0.2, 0.25) is 0 Å². The third-order valence-electron chi connectivity index (χ3n) is 5.06. The molecule has 144 valence electrons. The van der Waals surface area contributed by atoms with E-state index in [2.05, 4.69) is 65.4 Å². The van der Waals surface area contributed by atoms with Crippen LogP contribution >= 0.6 is 0 Å². The first-order valence-electron chi connectivity index (χ1n) is 9.46. The van der Waals surface area contributed by atoms with Crippen molar-refractivity contribution < 1.29 is 14.6 Å². The van der Waals surface area contributed by atoms with Gasteiger partial charge in [0.1, 0.15) is 6.10 Å². The molecule has 5 heteroatoms. The third kappa shape index (κ3) is 4.87. The summed E-state index contributed by atoms with van der Waals surface area (Å²) in [5, 5.41) is 8.76. The Morgan fingerprint density at radius 2 is 1.85 bits per heavy atom. The Balaban J connectivity index is 1.71. The van der Waals surface area contributed by atoms with Crippen molar-refractivity contribution >= 4 is 11.7 Å². The van der Waals surface area contributed by atoms with E-state index in [9.17, 15) is 4.79 Å². The Labute approximate surface area is 161 Å². The van der Waals surface area contributed by atoms with Crippen molar-refractivity contribution in [2.24, 2.45) is 0 Å². The first-order valence-corrected chi connectivity index (χ1v) is 9.46. The quantitative estimate of drug-likeness (QED) is 0.772. The van der Waals surface area contributed by atoms with Gasteiger partial charge in [-0.3, -0.25) is 4.79 Å². The van der Waals surface area contributed by atoms with Gasteiger partial charge in [0.25, 0.3) is 0 Å². The molecule has 0 saturated carbocycles. The summed E-state index contributed by atoms with van der Waals surface area (Å²) in [6.07, 6.45) is 0.780. The third-order valence-corrected chi connectivity index (χ3v) is 5.06. The van der Waals surface area contributed by atoms with Crippen molar-refractivity contribution in [1.82, 2.24) is 4.90 Å². The van der Waals surface area contributed by atoms with E-state index in [1.807, 2.05) is 7.05 Å². The largest absolute Gasteiger partial charge is 0.481 e. The van der Waals surface area contributed by atoms with Crippen LogP contribution in [0.25, 0.3) is 0 Å². The fourth-order valence-electron chi connectivity index (χ4n) is 3.62. The first kappa shape index (κ1) is 19.4. The molecular weight excluding hydrogens is 340 g/mol. The van der Waals surface area contributed by atoms with Crippen molar-refractivity contribution in [2.45, 2.75) is 25.5 Å². The van der Waals surface area contributed by atoms with Gasteiger partial charge in [0.2, 0.25) is 0 Å². The molecule has 5 nitrogen and oxygen atoms in total. The van der Waals surface area contributed by atoms with Crippen LogP contribution in [0, 0.1) is 0 Å². The van der Waals surface area contributed by atoms with E-state index in [4.69, 9.17) is 9.84 Å². The predicted molar refractivity (Wildman–Crippen MR) is 107 cm³/mol. The molecule has 0 aliphatic carbocycles. The van der Waals surface area contributed by atoms with E-state index in [1.54, 1.807) is 0 Å². The molecule has 1 heterocycles. The van der Waals surface area contributed by atoms with Gasteiger partial charge in [-0.1, -0.05) is 42.5 Å². The molecular formula is C22H28N2O3. The molecule has 0 radical (unpaired) electrons. The number of ether oxygens (including phenoxy) is 1. The maximum atomic E-state index is 10.6. The number of hydrogen-bond donors (Lipinski definition) is 1. The molecule has 1 atom stereocenters. The molecule has 0 amide bonds. The molecule has 0 spiro atoms. The molecule has 0 bridgehead atoms. The van der Waals surface area contributed by atoms with Gasteiger partial charge in [-0.2, -0.15) is 0 Å². The average Bonchev–Trinajstić information content (AvgIpc) is 2.77. The first-order chi connectivity index (χ1) is 13.1. The van der Waals surface area contributed by atoms with Gasteiger partial charge in [0.05, 0.1) is 6.61 Å². The van der Waals surface area contributed by atoms with E-state index >= 15 is 0 Å². The van der Waals surface area contributed by atoms with Crippen molar-refractivity contribution in [1.29, 1.82) is 0 Å². The predicted octanol–water partition coefficient (Wildman–Crippen LogP) is 3.54. The van der Waals surface area contributed by atoms with Crippen LogP contribution in [0.4, 0.5) is 5.69 Å². The van der Waals surface area contributed by atoms with E-state index in [0.29, 0.717) is 13.0 Å². The number of hydrogen-bond acceptors (Lipinski definition) is 4. The average molecular weight is 368 g/mol. The van der Waals surface area contributed by atoms with E-state index in [0.717, 1.165) is 19.6 Å². The number of fused-ring (bicyclic) bond motifs is 2. The van der Waals surface area contributed by atoms with E-state index < -0.39 is 5.97 Å². The van der Waals surface area contributed by atoms with Crippen molar-refractivity contribution in [3.05, 3.63) is 65.2 Å². The van der Waals surface area contributed by atoms with Crippen LogP contribution in [0.5, 0.6) is 0 Å². The highest BCUT2D eigenvalue weighted by atomic mass is 16.5. The number of nitrogens with zero attached hydrogens (tertiary/aromatic N) is 2. The molecule has 1 aliphatic heterocycles. The summed E-state index contributed by atoms with van der Waals surface area (Å²) < 4.78 is 6.38. The fraction of sp³-hybridized carbons (Fsp3) is 0.409. The summed E-state index contributed by atoms with van der Waals surface area (Å²) >= 11 is 0. The lowest BCUT2D eigenvalue weighted by Gasteiger charge is -2.23. The number of likely N-dealkylation sites (N-methyl/N-ethyl adjacent to an activating group) is 1. The number of carboxylic acid groups (broad SMARTS) is 1. The Morgan fingerprint density at radius 3 is 2.63 bits per heavy atom. The molecule has 27 heavy (non-hydrogen) atoms. The number of aliphatic carboxylic acids is 1. The number of carbonyl (C=O) groups is 1. The zero-order valence-corrected chi connectivity index (χ0v) is 16.1. The highest BCUT2D eigenvalue weighted by molar-refractivity contribution is 5.66. The normalized spacial score (nSPS) is 16.0. The summed E-state index contributed by atoms with van der Waals surface area (Å²) in [7, 11) is 4.13. The van der Waals surface area contributed by atoms with Gasteiger partial charge in [0, 0.05) is 37.8 Å². The van der Waals surface area contributed by atoms with Gasteiger partial charge >= 0.3 is 5.97 Å². The second-order valence-electron chi connectivity index (χ2n) is 7.17. The van der Waals surface area contributed by atoms with Gasteiger partial charge in [-0.25, -0.2) is 0 Å². The van der Waals surface area contributed by atoms with Gasteiger partial charge in [0.15, 0.2) is 0 Å². The number of rotatable bonds is 8. The Bertz CT molecular complexity index is 778. The standard InChI is InChI=1S/C22H28N2O3/c1-23(13-7-12-21(25)26)14-15-27-22-18-9-4-3-8-17(18)16-24(2)20-11-6-5-10-19(20)22/h3-6,8-11,22H,7,12-16H2,1-2H3,(H,25,26). The minimum atomic E-state index is -0.740. The minimum absolute atomic E-state index is 0.0882. The molecule has 3 rings (SSSR count). The van der Waals surface area contributed by atoms with Crippen LogP contribution in [0.3, 0.4) is 0 Å². The minimum Gasteiger partial charge on any atom is -0.481 e. The van der Waals surface area contributed by atoms with Gasteiger partial charge in [-0.15, -0.1) is 0 Å². The lowest BCUT2D eigenvalue weighted by molar-refractivity contribution is -0.137. The number of para-hydroxylation sites is 1. The lowest BCUT2D eigenvalue weighted by atomic mass is 9.97. The SMILES string of the molecule is CN(CCCC(=O)O)CCOC1c2ccccc2CN(C)c2ccccc21. The Hall–Kier alpha value is -2.37. The summed E-state index contributed by atoms with van der Waals surface area (Å²) in [6, 6.07) is 16.9. The van der Waals surface area contributed by atoms with E-state index in [1.165, 1.54) is 22.4 Å². The van der Waals surface area contributed by atoms with Crippen LogP contribution < -0.4 is 4.90 Å². The van der Waals surface area contributed by atoms with Gasteiger partial charge in [-0.05, 0) is 37.2 Å². The van der Waals surface area contributed by atoms with Gasteiger partial charge < -0.3 is 19.6 Å². The molecule has 2 aromatic rings. The summed E-state index contributed by atoms with van der Waals surface area (Å²) in [6.45, 7) is 3.00. The van der Waals surface area contributed by atoms with Crippen LogP contribution in [-0.4, -0.2) is 49.8 Å². The molecule has 1 unspecified atom stereocenters.